The first kappa shape index (κ1) is 14.8. The van der Waals surface area contributed by atoms with E-state index in [-0.39, 0.29) is 5.56 Å². The van der Waals surface area contributed by atoms with Crippen LogP contribution in [-0.2, 0) is 6.18 Å². The summed E-state index contributed by atoms with van der Waals surface area (Å²) >= 11 is 0. The van der Waals surface area contributed by atoms with Crippen molar-refractivity contribution in [2.75, 3.05) is 0 Å². The Morgan fingerprint density at radius 2 is 1.56 bits per heavy atom. The highest BCUT2D eigenvalue weighted by atomic mass is 19.4. The predicted octanol–water partition coefficient (Wildman–Crippen LogP) is 4.05. The molecule has 1 atom stereocenters. The van der Waals surface area contributed by atoms with Crippen molar-refractivity contribution in [2.24, 2.45) is 5.73 Å². The van der Waals surface area contributed by atoms with Gasteiger partial charge in [-0.15, -0.1) is 0 Å². The maximum absolute atomic E-state index is 12.6. The van der Waals surface area contributed by atoms with Crippen molar-refractivity contribution >= 4 is 0 Å². The van der Waals surface area contributed by atoms with Crippen LogP contribution in [0.3, 0.4) is 0 Å². The van der Waals surface area contributed by atoms with Crippen molar-refractivity contribution in [1.82, 2.24) is 0 Å². The van der Waals surface area contributed by atoms with Crippen LogP contribution in [0.25, 0.3) is 0 Å². The second kappa shape index (κ2) is 5.17. The average Bonchev–Trinajstić information content (AvgIpc) is 2.24. The summed E-state index contributed by atoms with van der Waals surface area (Å²) in [6.45, 7) is 0. The Balaban J connectivity index is 2.89. The highest BCUT2D eigenvalue weighted by Gasteiger charge is 2.35. The molecule has 0 saturated carbocycles. The maximum Gasteiger partial charge on any atom is 0.416 e. The van der Waals surface area contributed by atoms with Gasteiger partial charge < -0.3 is 5.73 Å². The number of halogens is 6. The maximum atomic E-state index is 12.6. The molecule has 0 aliphatic rings. The average molecular weight is 271 g/mol. The van der Waals surface area contributed by atoms with Crippen LogP contribution in [0, 0.1) is 0 Å². The quantitative estimate of drug-likeness (QED) is 0.825. The van der Waals surface area contributed by atoms with Gasteiger partial charge in [-0.05, 0) is 18.1 Å². The Kier molecular flexibility index (Phi) is 4.26. The first-order valence-electron chi connectivity index (χ1n) is 5.10. The van der Waals surface area contributed by atoms with Crippen molar-refractivity contribution in [2.45, 2.75) is 31.2 Å². The molecule has 0 aliphatic carbocycles. The monoisotopic (exact) mass is 271 g/mol. The first-order valence-corrected chi connectivity index (χ1v) is 5.10. The largest absolute Gasteiger partial charge is 0.416 e. The number of hydrogen-bond donors (Lipinski definition) is 1. The van der Waals surface area contributed by atoms with Crippen molar-refractivity contribution in [3.8, 4) is 0 Å². The fourth-order valence-electron chi connectivity index (χ4n) is 1.55. The second-order valence-corrected chi connectivity index (χ2v) is 3.85. The number of benzene rings is 1. The van der Waals surface area contributed by atoms with Crippen LogP contribution in [0.4, 0.5) is 26.3 Å². The number of nitrogens with two attached hydrogens (primary N) is 1. The SMILES string of the molecule is N[C@@H](CCC(F)(F)F)c1ccccc1C(F)(F)F. The summed E-state index contributed by atoms with van der Waals surface area (Å²) in [5.41, 5.74) is 4.10. The Bertz CT molecular complexity index is 395. The van der Waals surface area contributed by atoms with Gasteiger partial charge in [-0.3, -0.25) is 0 Å². The summed E-state index contributed by atoms with van der Waals surface area (Å²) in [6.07, 6.45) is -10.8. The van der Waals surface area contributed by atoms with Crippen LogP contribution < -0.4 is 5.73 Å². The Labute approximate surface area is 99.6 Å². The van der Waals surface area contributed by atoms with Gasteiger partial charge in [-0.2, -0.15) is 26.3 Å². The molecule has 1 nitrogen and oxygen atoms in total. The molecule has 0 aliphatic heterocycles. The molecule has 1 rings (SSSR count). The first-order chi connectivity index (χ1) is 8.11. The normalized spacial score (nSPS) is 14.6. The predicted molar refractivity (Wildman–Crippen MR) is 53.7 cm³/mol. The van der Waals surface area contributed by atoms with E-state index >= 15 is 0 Å². The van der Waals surface area contributed by atoms with E-state index < -0.39 is 36.8 Å². The van der Waals surface area contributed by atoms with E-state index in [0.29, 0.717) is 0 Å². The molecule has 0 saturated heterocycles. The van der Waals surface area contributed by atoms with E-state index in [9.17, 15) is 26.3 Å². The third kappa shape index (κ3) is 4.21. The number of hydrogen-bond acceptors (Lipinski definition) is 1. The molecular weight excluding hydrogens is 260 g/mol. The van der Waals surface area contributed by atoms with Crippen molar-refractivity contribution in [3.05, 3.63) is 35.4 Å². The van der Waals surface area contributed by atoms with Gasteiger partial charge in [0.05, 0.1) is 5.56 Å². The van der Waals surface area contributed by atoms with Crippen LogP contribution >= 0.6 is 0 Å². The van der Waals surface area contributed by atoms with Crippen molar-refractivity contribution < 1.29 is 26.3 Å². The van der Waals surface area contributed by atoms with Gasteiger partial charge in [0, 0.05) is 12.5 Å². The lowest BCUT2D eigenvalue weighted by Crippen LogP contribution is -2.19. The standard InChI is InChI=1S/C11H11F6N/c12-10(13,14)6-5-9(18)7-3-1-2-4-8(7)11(15,16)17/h1-4,9H,5-6,18H2/t9-/m0/s1. The zero-order valence-corrected chi connectivity index (χ0v) is 9.15. The Morgan fingerprint density at radius 3 is 2.06 bits per heavy atom. The summed E-state index contributed by atoms with van der Waals surface area (Å²) in [6, 6.07) is 3.11. The lowest BCUT2D eigenvalue weighted by atomic mass is 9.97. The second-order valence-electron chi connectivity index (χ2n) is 3.85. The van der Waals surface area contributed by atoms with Crippen LogP contribution in [0.2, 0.25) is 0 Å². The Hall–Kier alpha value is -1.24. The van der Waals surface area contributed by atoms with Crippen LogP contribution in [-0.4, -0.2) is 6.18 Å². The van der Waals surface area contributed by atoms with Crippen molar-refractivity contribution in [3.63, 3.8) is 0 Å². The summed E-state index contributed by atoms with van der Waals surface area (Å²) in [5.74, 6) is 0. The van der Waals surface area contributed by atoms with E-state index in [2.05, 4.69) is 0 Å². The van der Waals surface area contributed by atoms with E-state index in [0.717, 1.165) is 12.1 Å². The molecule has 0 spiro atoms. The highest BCUT2D eigenvalue weighted by Crippen LogP contribution is 2.36. The van der Waals surface area contributed by atoms with Gasteiger partial charge in [-0.1, -0.05) is 18.2 Å². The minimum atomic E-state index is -4.62. The van der Waals surface area contributed by atoms with Gasteiger partial charge in [0.15, 0.2) is 0 Å². The molecule has 0 aromatic heterocycles. The summed E-state index contributed by atoms with van der Waals surface area (Å²) in [4.78, 5) is 0. The van der Waals surface area contributed by atoms with Crippen molar-refractivity contribution in [1.29, 1.82) is 0 Å². The molecule has 0 amide bonds. The summed E-state index contributed by atoms with van der Waals surface area (Å²) in [5, 5.41) is 0. The molecule has 0 bridgehead atoms. The smallest absolute Gasteiger partial charge is 0.324 e. The van der Waals surface area contributed by atoms with E-state index in [1.54, 1.807) is 0 Å². The topological polar surface area (TPSA) is 26.0 Å². The lowest BCUT2D eigenvalue weighted by molar-refractivity contribution is -0.139. The van der Waals surface area contributed by atoms with Gasteiger partial charge in [-0.25, -0.2) is 0 Å². The Morgan fingerprint density at radius 1 is 1.00 bits per heavy atom. The number of rotatable bonds is 3. The molecule has 1 aromatic rings. The zero-order valence-electron chi connectivity index (χ0n) is 9.15. The minimum Gasteiger partial charge on any atom is -0.324 e. The zero-order chi connectivity index (χ0) is 14.0. The molecule has 18 heavy (non-hydrogen) atoms. The molecule has 0 fully saturated rings. The third-order valence-electron chi connectivity index (χ3n) is 2.40. The molecule has 0 unspecified atom stereocenters. The van der Waals surface area contributed by atoms with Crippen LogP contribution in [0.15, 0.2) is 24.3 Å². The molecule has 1 aromatic carbocycles. The molecular formula is C11H11F6N. The molecule has 7 heteroatoms. The summed E-state index contributed by atoms with van der Waals surface area (Å²) < 4.78 is 73.8. The van der Waals surface area contributed by atoms with Gasteiger partial charge >= 0.3 is 12.4 Å². The van der Waals surface area contributed by atoms with E-state index in [4.69, 9.17) is 5.73 Å². The molecule has 0 radical (unpaired) electrons. The van der Waals surface area contributed by atoms with E-state index in [1.807, 2.05) is 0 Å². The van der Waals surface area contributed by atoms with Gasteiger partial charge in [0.25, 0.3) is 0 Å². The lowest BCUT2D eigenvalue weighted by Gasteiger charge is -2.18. The fourth-order valence-corrected chi connectivity index (χ4v) is 1.55. The van der Waals surface area contributed by atoms with Crippen LogP contribution in [0.1, 0.15) is 30.0 Å². The molecule has 0 heterocycles. The highest BCUT2D eigenvalue weighted by molar-refractivity contribution is 5.32. The van der Waals surface area contributed by atoms with Gasteiger partial charge in [0.2, 0.25) is 0 Å². The molecule has 2 N–H and O–H groups in total. The van der Waals surface area contributed by atoms with E-state index in [1.165, 1.54) is 12.1 Å². The number of alkyl halides is 6. The third-order valence-corrected chi connectivity index (χ3v) is 2.40. The molecule has 102 valence electrons. The fraction of sp³-hybridized carbons (Fsp3) is 0.455. The van der Waals surface area contributed by atoms with Crippen LogP contribution in [0.5, 0.6) is 0 Å². The minimum absolute atomic E-state index is 0.311. The summed E-state index contributed by atoms with van der Waals surface area (Å²) in [7, 11) is 0. The van der Waals surface area contributed by atoms with Gasteiger partial charge in [0.1, 0.15) is 0 Å².